The summed E-state index contributed by atoms with van der Waals surface area (Å²) >= 11 is 9.43. The van der Waals surface area contributed by atoms with E-state index in [0.29, 0.717) is 10.2 Å². The normalized spacial score (nSPS) is 20.5. The maximum atomic E-state index is 14.4. The van der Waals surface area contributed by atoms with Gasteiger partial charge in [-0.15, -0.1) is 0 Å². The Hall–Kier alpha value is -2.37. The molecular formula is C22H17BrClF3N2O2. The van der Waals surface area contributed by atoms with Gasteiger partial charge in [-0.2, -0.15) is 13.2 Å². The van der Waals surface area contributed by atoms with Gasteiger partial charge in [-0.25, -0.2) is 4.79 Å². The van der Waals surface area contributed by atoms with Gasteiger partial charge in [0.1, 0.15) is 5.75 Å². The standard InChI is InChI=1S/C22H17BrClF3N2O2/c1-31-15-6-4-14(5-7-15)12-29-19-11-17(23)18(24)10-16(19)21(22(25,26)27,28-20(29)30)9-8-13-2-3-13/h4-7,10-11,13H,2-3,12H2,1H3,(H,28,30). The fraction of sp³-hybridized carbons (Fsp3) is 0.318. The molecule has 31 heavy (non-hydrogen) atoms. The van der Waals surface area contributed by atoms with Crippen LogP contribution in [0, 0.1) is 17.8 Å². The monoisotopic (exact) mass is 512 g/mol. The van der Waals surface area contributed by atoms with Crippen LogP contribution in [0.1, 0.15) is 24.0 Å². The van der Waals surface area contributed by atoms with E-state index in [1.807, 2.05) is 0 Å². The van der Waals surface area contributed by atoms with Crippen LogP contribution in [-0.2, 0) is 12.1 Å². The molecule has 1 aliphatic heterocycles. The Morgan fingerprint density at radius 3 is 2.55 bits per heavy atom. The maximum Gasteiger partial charge on any atom is 0.427 e. The summed E-state index contributed by atoms with van der Waals surface area (Å²) in [6.45, 7) is 0.0564. The molecule has 1 saturated carbocycles. The van der Waals surface area contributed by atoms with Gasteiger partial charge < -0.3 is 10.1 Å². The zero-order valence-corrected chi connectivity index (χ0v) is 18.7. The third kappa shape index (κ3) is 4.09. The van der Waals surface area contributed by atoms with E-state index in [1.165, 1.54) is 24.1 Å². The number of benzene rings is 2. The van der Waals surface area contributed by atoms with Crippen molar-refractivity contribution in [2.75, 3.05) is 12.0 Å². The highest BCUT2D eigenvalue weighted by Gasteiger charge is 2.60. The smallest absolute Gasteiger partial charge is 0.427 e. The highest BCUT2D eigenvalue weighted by atomic mass is 79.9. The molecule has 0 radical (unpaired) electrons. The lowest BCUT2D eigenvalue weighted by Gasteiger charge is -2.42. The van der Waals surface area contributed by atoms with Gasteiger partial charge in [-0.05, 0) is 58.6 Å². The average Bonchev–Trinajstić information content (AvgIpc) is 3.54. The van der Waals surface area contributed by atoms with E-state index >= 15 is 0 Å². The second kappa shape index (κ2) is 7.95. The van der Waals surface area contributed by atoms with E-state index < -0.39 is 17.7 Å². The molecule has 1 unspecified atom stereocenters. The molecule has 9 heteroatoms. The number of hydrogen-bond donors (Lipinski definition) is 1. The molecule has 2 aromatic carbocycles. The molecule has 162 valence electrons. The maximum absolute atomic E-state index is 14.4. The van der Waals surface area contributed by atoms with Crippen molar-refractivity contribution in [2.24, 2.45) is 5.92 Å². The molecule has 2 aromatic rings. The molecule has 4 nitrogen and oxygen atoms in total. The molecule has 0 bridgehead atoms. The van der Waals surface area contributed by atoms with Gasteiger partial charge in [0.15, 0.2) is 0 Å². The van der Waals surface area contributed by atoms with E-state index in [1.54, 1.807) is 24.3 Å². The predicted molar refractivity (Wildman–Crippen MR) is 115 cm³/mol. The number of halogens is 5. The number of methoxy groups -OCH3 is 1. The fourth-order valence-electron chi connectivity index (χ4n) is 3.37. The van der Waals surface area contributed by atoms with Crippen LogP contribution in [0.3, 0.4) is 0 Å². The summed E-state index contributed by atoms with van der Waals surface area (Å²) in [7, 11) is 1.53. The number of rotatable bonds is 3. The van der Waals surface area contributed by atoms with E-state index in [2.05, 4.69) is 33.1 Å². The number of hydrogen-bond acceptors (Lipinski definition) is 2. The Labute approximate surface area is 190 Å². The number of anilines is 1. The summed E-state index contributed by atoms with van der Waals surface area (Å²) in [4.78, 5) is 14.2. The SMILES string of the molecule is COc1ccc(CN2C(=O)NC(C#CC3CC3)(C(F)(F)F)c3cc(Cl)c(Br)cc32)cc1. The number of carbonyl (C=O) groups is 1. The van der Waals surface area contributed by atoms with Crippen molar-refractivity contribution in [3.05, 3.63) is 57.0 Å². The first-order chi connectivity index (χ1) is 14.6. The Morgan fingerprint density at radius 1 is 1.29 bits per heavy atom. The van der Waals surface area contributed by atoms with Crippen LogP contribution < -0.4 is 15.0 Å². The van der Waals surface area contributed by atoms with Crippen LogP contribution >= 0.6 is 27.5 Å². The molecule has 1 atom stereocenters. The number of amides is 2. The zero-order valence-electron chi connectivity index (χ0n) is 16.3. The summed E-state index contributed by atoms with van der Waals surface area (Å²) < 4.78 is 48.7. The van der Waals surface area contributed by atoms with Crippen LogP contribution in [0.2, 0.25) is 5.02 Å². The molecule has 0 saturated heterocycles. The minimum absolute atomic E-state index is 0.0564. The predicted octanol–water partition coefficient (Wildman–Crippen LogP) is 6.01. The lowest BCUT2D eigenvalue weighted by atomic mass is 9.85. The molecule has 1 N–H and O–H groups in total. The first-order valence-corrected chi connectivity index (χ1v) is 10.6. The molecule has 1 fully saturated rings. The van der Waals surface area contributed by atoms with Crippen molar-refractivity contribution in [2.45, 2.75) is 31.1 Å². The number of alkyl halides is 3. The molecule has 0 aromatic heterocycles. The first kappa shape index (κ1) is 21.8. The minimum Gasteiger partial charge on any atom is -0.497 e. The number of nitrogens with zero attached hydrogens (tertiary/aromatic N) is 1. The van der Waals surface area contributed by atoms with Gasteiger partial charge in [0.2, 0.25) is 5.54 Å². The molecule has 1 aliphatic carbocycles. The van der Waals surface area contributed by atoms with Gasteiger partial charge in [0, 0.05) is 16.0 Å². The summed E-state index contributed by atoms with van der Waals surface area (Å²) in [5, 5.41) is 2.24. The fourth-order valence-corrected chi connectivity index (χ4v) is 3.86. The Bertz CT molecular complexity index is 1090. The van der Waals surface area contributed by atoms with Crippen LogP contribution in [0.5, 0.6) is 5.75 Å². The van der Waals surface area contributed by atoms with Crippen molar-refractivity contribution in [1.29, 1.82) is 0 Å². The number of carbonyl (C=O) groups excluding carboxylic acids is 1. The van der Waals surface area contributed by atoms with Crippen molar-refractivity contribution in [1.82, 2.24) is 5.32 Å². The number of nitrogens with one attached hydrogen (secondary N) is 1. The summed E-state index contributed by atoms with van der Waals surface area (Å²) in [6, 6.07) is 8.69. The second-order valence-corrected chi connectivity index (χ2v) is 8.70. The number of urea groups is 1. The Kier molecular flexibility index (Phi) is 5.61. The van der Waals surface area contributed by atoms with Gasteiger partial charge >= 0.3 is 12.2 Å². The lowest BCUT2D eigenvalue weighted by molar-refractivity contribution is -0.179. The minimum atomic E-state index is -4.84. The van der Waals surface area contributed by atoms with Crippen LogP contribution in [0.15, 0.2) is 40.9 Å². The van der Waals surface area contributed by atoms with Crippen molar-refractivity contribution in [3.63, 3.8) is 0 Å². The van der Waals surface area contributed by atoms with Gasteiger partial charge in [0.25, 0.3) is 0 Å². The largest absolute Gasteiger partial charge is 0.497 e. The van der Waals surface area contributed by atoms with Crippen molar-refractivity contribution < 1.29 is 22.7 Å². The van der Waals surface area contributed by atoms with Crippen LogP contribution in [-0.4, -0.2) is 19.3 Å². The highest BCUT2D eigenvalue weighted by Crippen LogP contribution is 2.48. The van der Waals surface area contributed by atoms with Gasteiger partial charge in [-0.3, -0.25) is 4.90 Å². The Morgan fingerprint density at radius 2 is 1.97 bits per heavy atom. The average molecular weight is 514 g/mol. The topological polar surface area (TPSA) is 41.6 Å². The van der Waals surface area contributed by atoms with Crippen molar-refractivity contribution in [3.8, 4) is 17.6 Å². The molecule has 1 heterocycles. The first-order valence-electron chi connectivity index (χ1n) is 9.46. The Balaban J connectivity index is 1.84. The summed E-state index contributed by atoms with van der Waals surface area (Å²) in [5.74, 6) is 5.57. The molecule has 0 spiro atoms. The van der Waals surface area contributed by atoms with Gasteiger partial charge in [0.05, 0.1) is 24.4 Å². The van der Waals surface area contributed by atoms with Crippen LogP contribution in [0.4, 0.5) is 23.7 Å². The molecular weight excluding hydrogens is 497 g/mol. The molecule has 4 rings (SSSR count). The van der Waals surface area contributed by atoms with E-state index in [0.717, 1.165) is 18.4 Å². The second-order valence-electron chi connectivity index (χ2n) is 7.44. The van der Waals surface area contributed by atoms with E-state index in [-0.39, 0.29) is 28.7 Å². The van der Waals surface area contributed by atoms with E-state index in [4.69, 9.17) is 16.3 Å². The third-order valence-electron chi connectivity index (χ3n) is 5.24. The van der Waals surface area contributed by atoms with Crippen molar-refractivity contribution >= 4 is 39.2 Å². The molecule has 2 amide bonds. The highest BCUT2D eigenvalue weighted by molar-refractivity contribution is 9.10. The number of fused-ring (bicyclic) bond motifs is 1. The third-order valence-corrected chi connectivity index (χ3v) is 6.44. The zero-order chi connectivity index (χ0) is 22.4. The summed E-state index contributed by atoms with van der Waals surface area (Å²) in [5.41, 5.74) is -2.22. The van der Waals surface area contributed by atoms with Crippen LogP contribution in [0.25, 0.3) is 0 Å². The lowest BCUT2D eigenvalue weighted by Crippen LogP contribution is -2.62. The van der Waals surface area contributed by atoms with Gasteiger partial charge in [-0.1, -0.05) is 35.6 Å². The number of ether oxygens (including phenoxy) is 1. The van der Waals surface area contributed by atoms with E-state index in [9.17, 15) is 18.0 Å². The quantitative estimate of drug-likeness (QED) is 0.511. The molecule has 2 aliphatic rings. The summed E-state index contributed by atoms with van der Waals surface area (Å²) in [6.07, 6.45) is -3.33.